The fourth-order valence-corrected chi connectivity index (χ4v) is 3.01. The molecule has 1 aromatic heterocycles. The van der Waals surface area contributed by atoms with E-state index in [0.29, 0.717) is 11.4 Å². The highest BCUT2D eigenvalue weighted by atomic mass is 32.2. The highest BCUT2D eigenvalue weighted by Gasteiger charge is 2.21. The maximum absolute atomic E-state index is 11.8. The van der Waals surface area contributed by atoms with Crippen molar-refractivity contribution in [1.82, 2.24) is 4.98 Å². The fourth-order valence-electron chi connectivity index (χ4n) is 1.27. The van der Waals surface area contributed by atoms with Crippen LogP contribution in [0.4, 0.5) is 11.4 Å². The lowest BCUT2D eigenvalue weighted by Crippen LogP contribution is -2.26. The zero-order chi connectivity index (χ0) is 12.4. The van der Waals surface area contributed by atoms with Crippen molar-refractivity contribution < 1.29 is 8.42 Å². The number of aromatic nitrogens is 1. The predicted octanol–water partition coefficient (Wildman–Crippen LogP) is 1.45. The number of nitrogens with two attached hydrogens (primary N) is 1. The van der Waals surface area contributed by atoms with E-state index in [1.165, 1.54) is 18.5 Å². The van der Waals surface area contributed by atoms with Crippen molar-refractivity contribution >= 4 is 21.4 Å². The Kier molecular flexibility index (Phi) is 3.42. The van der Waals surface area contributed by atoms with Crippen LogP contribution in [0.3, 0.4) is 0 Å². The van der Waals surface area contributed by atoms with Crippen LogP contribution in [0.5, 0.6) is 0 Å². The van der Waals surface area contributed by atoms with Crippen molar-refractivity contribution in [3.63, 3.8) is 0 Å². The molecule has 0 bridgehead atoms. The number of nitrogen functional groups attached to an aromatic ring is 1. The molecule has 90 valence electrons. The molecule has 6 heteroatoms. The molecule has 0 atom stereocenters. The quantitative estimate of drug-likeness (QED) is 0.841. The van der Waals surface area contributed by atoms with Crippen LogP contribution in [-0.4, -0.2) is 19.2 Å². The van der Waals surface area contributed by atoms with Crippen LogP contribution in [0, 0.1) is 5.41 Å². The molecule has 1 aromatic rings. The minimum absolute atomic E-state index is 0.0434. The third-order valence-electron chi connectivity index (χ3n) is 1.74. The molecule has 3 N–H and O–H groups in total. The van der Waals surface area contributed by atoms with Crippen LogP contribution >= 0.6 is 0 Å². The Hall–Kier alpha value is -1.30. The van der Waals surface area contributed by atoms with Crippen molar-refractivity contribution in [2.75, 3.05) is 16.2 Å². The molecular weight excluding hydrogens is 226 g/mol. The fraction of sp³-hybridized carbons (Fsp3) is 0.500. The van der Waals surface area contributed by atoms with Gasteiger partial charge in [-0.1, -0.05) is 20.8 Å². The number of rotatable bonds is 3. The molecule has 0 aliphatic carbocycles. The Morgan fingerprint density at radius 1 is 1.44 bits per heavy atom. The number of nitrogens with zero attached hydrogens (tertiary/aromatic N) is 1. The summed E-state index contributed by atoms with van der Waals surface area (Å²) in [6.07, 6.45) is 2.90. The Labute approximate surface area is 96.1 Å². The molecule has 0 aliphatic rings. The Balaban J connectivity index is 2.86. The third kappa shape index (κ3) is 4.06. The van der Waals surface area contributed by atoms with E-state index < -0.39 is 10.0 Å². The lowest BCUT2D eigenvalue weighted by molar-refractivity contribution is 0.463. The number of sulfonamides is 1. The lowest BCUT2D eigenvalue weighted by atomic mass is 10.0. The summed E-state index contributed by atoms with van der Waals surface area (Å²) in [6.45, 7) is 5.59. The minimum Gasteiger partial charge on any atom is -0.396 e. The summed E-state index contributed by atoms with van der Waals surface area (Å²) in [4.78, 5) is 3.79. The molecule has 1 rings (SSSR count). The summed E-state index contributed by atoms with van der Waals surface area (Å²) in [5.41, 5.74) is 6.00. The Morgan fingerprint density at radius 3 is 2.56 bits per heavy atom. The average Bonchev–Trinajstić information content (AvgIpc) is 2.04. The maximum atomic E-state index is 11.8. The van der Waals surface area contributed by atoms with E-state index in [9.17, 15) is 8.42 Å². The smallest absolute Gasteiger partial charge is 0.233 e. The number of pyridine rings is 1. The van der Waals surface area contributed by atoms with Gasteiger partial charge in [0.1, 0.15) is 0 Å². The third-order valence-corrected chi connectivity index (χ3v) is 3.52. The highest BCUT2D eigenvalue weighted by Crippen LogP contribution is 2.21. The van der Waals surface area contributed by atoms with Crippen molar-refractivity contribution in [1.29, 1.82) is 0 Å². The molecular formula is C10H17N3O2S. The van der Waals surface area contributed by atoms with Crippen molar-refractivity contribution in [2.24, 2.45) is 5.41 Å². The van der Waals surface area contributed by atoms with E-state index in [1.54, 1.807) is 0 Å². The van der Waals surface area contributed by atoms with Crippen LogP contribution in [0.2, 0.25) is 0 Å². The van der Waals surface area contributed by atoms with Gasteiger partial charge in [-0.15, -0.1) is 0 Å². The minimum atomic E-state index is -3.37. The molecule has 0 aromatic carbocycles. The highest BCUT2D eigenvalue weighted by molar-refractivity contribution is 7.92. The summed E-state index contributed by atoms with van der Waals surface area (Å²) in [5, 5.41) is 0. The van der Waals surface area contributed by atoms with Gasteiger partial charge in [0.05, 0.1) is 23.3 Å². The molecule has 16 heavy (non-hydrogen) atoms. The second-order valence-electron chi connectivity index (χ2n) is 4.88. The summed E-state index contributed by atoms with van der Waals surface area (Å²) >= 11 is 0. The first-order chi connectivity index (χ1) is 7.20. The standard InChI is InChI=1S/C10H17N3O2S/c1-10(2,3)7-16(14,15)13-9-4-5-12-6-8(9)11/h4-6H,7,11H2,1-3H3,(H,12,13). The molecule has 0 radical (unpaired) electrons. The summed E-state index contributed by atoms with van der Waals surface area (Å²) in [5.74, 6) is 0.0434. The number of nitrogens with one attached hydrogen (secondary N) is 1. The second-order valence-corrected chi connectivity index (χ2v) is 6.61. The van der Waals surface area contributed by atoms with Crippen LogP contribution in [0.25, 0.3) is 0 Å². The van der Waals surface area contributed by atoms with Crippen molar-refractivity contribution in [3.05, 3.63) is 18.5 Å². The SMILES string of the molecule is CC(C)(C)CS(=O)(=O)Nc1ccncc1N. The average molecular weight is 243 g/mol. The Bertz CT molecular complexity index is 463. The number of anilines is 2. The van der Waals surface area contributed by atoms with Crippen molar-refractivity contribution in [2.45, 2.75) is 20.8 Å². The molecule has 0 fully saturated rings. The first kappa shape index (κ1) is 12.8. The largest absolute Gasteiger partial charge is 0.396 e. The normalized spacial score (nSPS) is 12.4. The summed E-state index contributed by atoms with van der Waals surface area (Å²) < 4.78 is 26.0. The molecule has 0 spiro atoms. The van der Waals surface area contributed by atoms with Gasteiger partial charge in [-0.25, -0.2) is 8.42 Å². The number of hydrogen-bond acceptors (Lipinski definition) is 4. The molecule has 0 saturated carbocycles. The topological polar surface area (TPSA) is 85.1 Å². The van der Waals surface area contributed by atoms with Gasteiger partial charge in [0, 0.05) is 6.20 Å². The lowest BCUT2D eigenvalue weighted by Gasteiger charge is -2.19. The van der Waals surface area contributed by atoms with E-state index in [0.717, 1.165) is 0 Å². The van der Waals surface area contributed by atoms with Gasteiger partial charge in [-0.05, 0) is 11.5 Å². The maximum Gasteiger partial charge on any atom is 0.233 e. The summed E-state index contributed by atoms with van der Waals surface area (Å²) in [7, 11) is -3.37. The van der Waals surface area contributed by atoms with Gasteiger partial charge in [0.15, 0.2) is 0 Å². The first-order valence-electron chi connectivity index (χ1n) is 4.90. The molecule has 1 heterocycles. The summed E-state index contributed by atoms with van der Waals surface area (Å²) in [6, 6.07) is 1.54. The molecule has 0 saturated heterocycles. The molecule has 0 aliphatic heterocycles. The predicted molar refractivity (Wildman–Crippen MR) is 65.5 cm³/mol. The van der Waals surface area contributed by atoms with Crippen LogP contribution in [0.1, 0.15) is 20.8 Å². The van der Waals surface area contributed by atoms with Crippen molar-refractivity contribution in [3.8, 4) is 0 Å². The van der Waals surface area contributed by atoms with Crippen LogP contribution < -0.4 is 10.5 Å². The van der Waals surface area contributed by atoms with Gasteiger partial charge < -0.3 is 5.73 Å². The van der Waals surface area contributed by atoms with E-state index in [1.807, 2.05) is 20.8 Å². The van der Waals surface area contributed by atoms with E-state index in [-0.39, 0.29) is 11.2 Å². The second kappa shape index (κ2) is 4.29. The molecule has 5 nitrogen and oxygen atoms in total. The van der Waals surface area contributed by atoms with Crippen LogP contribution in [0.15, 0.2) is 18.5 Å². The van der Waals surface area contributed by atoms with Gasteiger partial charge in [0.2, 0.25) is 10.0 Å². The van der Waals surface area contributed by atoms with E-state index in [4.69, 9.17) is 5.73 Å². The Morgan fingerprint density at radius 2 is 2.06 bits per heavy atom. The van der Waals surface area contributed by atoms with Gasteiger partial charge in [-0.2, -0.15) is 0 Å². The zero-order valence-corrected chi connectivity index (χ0v) is 10.5. The first-order valence-corrected chi connectivity index (χ1v) is 6.55. The van der Waals surface area contributed by atoms with E-state index >= 15 is 0 Å². The number of hydrogen-bond donors (Lipinski definition) is 2. The zero-order valence-electron chi connectivity index (χ0n) is 9.69. The van der Waals surface area contributed by atoms with Gasteiger partial charge in [-0.3, -0.25) is 9.71 Å². The van der Waals surface area contributed by atoms with E-state index in [2.05, 4.69) is 9.71 Å². The molecule has 0 amide bonds. The molecule has 0 unspecified atom stereocenters. The van der Waals surface area contributed by atoms with Gasteiger partial charge in [0.25, 0.3) is 0 Å². The van der Waals surface area contributed by atoms with Gasteiger partial charge >= 0.3 is 0 Å². The van der Waals surface area contributed by atoms with Crippen LogP contribution in [-0.2, 0) is 10.0 Å². The monoisotopic (exact) mass is 243 g/mol.